The standard InChI is InChI=1S/C13H16OS/c1-9(14)10-4-5-12-11(8-10)13(2,3)6-7-15-12/h4-5,8H,6-7H2,1-3H3/i2D3,3D3,6D2. The molecule has 0 aliphatic carbocycles. The highest BCUT2D eigenvalue weighted by molar-refractivity contribution is 7.99. The summed E-state index contributed by atoms with van der Waals surface area (Å²) >= 11 is 1.06. The lowest BCUT2D eigenvalue weighted by molar-refractivity contribution is 0.101. The molecule has 0 amide bonds. The fourth-order valence-corrected chi connectivity index (χ4v) is 2.46. The van der Waals surface area contributed by atoms with Crippen LogP contribution in [0.3, 0.4) is 0 Å². The minimum atomic E-state index is -3.10. The van der Waals surface area contributed by atoms with E-state index in [4.69, 9.17) is 11.0 Å². The minimum Gasteiger partial charge on any atom is -0.295 e. The zero-order chi connectivity index (χ0) is 17.8. The molecule has 0 fully saturated rings. The molecule has 0 radical (unpaired) electrons. The van der Waals surface area contributed by atoms with Crippen LogP contribution in [0, 0.1) is 0 Å². The predicted octanol–water partition coefficient (Wildman–Crippen LogP) is 3.66. The molecule has 1 nitrogen and oxygen atoms in total. The van der Waals surface area contributed by atoms with Crippen LogP contribution in [0.25, 0.3) is 0 Å². The Morgan fingerprint density at radius 1 is 1.60 bits per heavy atom. The molecule has 2 heteroatoms. The SMILES string of the molecule is [2H]C([2H])([2H])C1(C([2H])([2H])[2H])c2cc(C(C)=O)ccc2SCC1([2H])[2H]. The van der Waals surface area contributed by atoms with Crippen LogP contribution in [0.5, 0.6) is 0 Å². The summed E-state index contributed by atoms with van der Waals surface area (Å²) in [6.07, 6.45) is -2.49. The first-order valence-electron chi connectivity index (χ1n) is 8.54. The zero-order valence-electron chi connectivity index (χ0n) is 16.3. The Bertz CT molecular complexity index is 632. The molecular weight excluding hydrogens is 204 g/mol. The molecule has 0 saturated heterocycles. The van der Waals surface area contributed by atoms with Gasteiger partial charge in [-0.2, -0.15) is 0 Å². The number of fused-ring (bicyclic) bond motifs is 1. The van der Waals surface area contributed by atoms with Gasteiger partial charge in [0, 0.05) is 21.4 Å². The third kappa shape index (κ3) is 1.96. The monoisotopic (exact) mass is 228 g/mol. The van der Waals surface area contributed by atoms with Gasteiger partial charge >= 0.3 is 0 Å². The van der Waals surface area contributed by atoms with E-state index >= 15 is 0 Å². The summed E-state index contributed by atoms with van der Waals surface area (Å²) in [4.78, 5) is 12.0. The maximum Gasteiger partial charge on any atom is 0.159 e. The number of carbonyl (C=O) groups is 1. The van der Waals surface area contributed by atoms with E-state index in [0.717, 1.165) is 11.8 Å². The molecule has 1 aliphatic rings. The second kappa shape index (κ2) is 3.67. The van der Waals surface area contributed by atoms with Crippen molar-refractivity contribution in [3.05, 3.63) is 29.3 Å². The van der Waals surface area contributed by atoms with Gasteiger partial charge in [0.05, 0.1) is 0 Å². The largest absolute Gasteiger partial charge is 0.295 e. The number of carbonyl (C=O) groups excluding carboxylic acids is 1. The molecule has 0 aromatic heterocycles. The smallest absolute Gasteiger partial charge is 0.159 e. The van der Waals surface area contributed by atoms with Crippen molar-refractivity contribution in [1.82, 2.24) is 0 Å². The lowest BCUT2D eigenvalue weighted by Crippen LogP contribution is -2.23. The van der Waals surface area contributed by atoms with Gasteiger partial charge in [-0.25, -0.2) is 0 Å². The van der Waals surface area contributed by atoms with Crippen molar-refractivity contribution in [2.75, 3.05) is 5.75 Å². The Morgan fingerprint density at radius 2 is 2.40 bits per heavy atom. The maximum atomic E-state index is 11.6. The maximum absolute atomic E-state index is 11.6. The summed E-state index contributed by atoms with van der Waals surface area (Å²) in [5, 5.41) is 0. The number of benzene rings is 1. The molecule has 80 valence electrons. The average Bonchev–Trinajstić information content (AvgIpc) is 2.33. The zero-order valence-corrected chi connectivity index (χ0v) is 9.07. The average molecular weight is 228 g/mol. The molecule has 1 aromatic rings. The fourth-order valence-electron chi connectivity index (χ4n) is 1.49. The highest BCUT2D eigenvalue weighted by atomic mass is 32.2. The number of hydrogen-bond acceptors (Lipinski definition) is 2. The number of ketones is 1. The van der Waals surface area contributed by atoms with Crippen LogP contribution in [0.1, 0.15) is 53.9 Å². The molecule has 0 spiro atoms. The number of hydrogen-bond donors (Lipinski definition) is 0. The molecule has 1 aliphatic heterocycles. The van der Waals surface area contributed by atoms with Crippen molar-refractivity contribution in [3.8, 4) is 0 Å². The predicted molar refractivity (Wildman–Crippen MR) is 64.8 cm³/mol. The van der Waals surface area contributed by atoms with Gasteiger partial charge in [0.1, 0.15) is 0 Å². The molecule has 1 heterocycles. The van der Waals surface area contributed by atoms with Crippen molar-refractivity contribution in [2.45, 2.75) is 37.3 Å². The Labute approximate surface area is 107 Å². The molecule has 15 heavy (non-hydrogen) atoms. The summed E-state index contributed by atoms with van der Waals surface area (Å²) in [6.45, 7) is -4.92. The van der Waals surface area contributed by atoms with Crippen molar-refractivity contribution in [2.24, 2.45) is 0 Å². The summed E-state index contributed by atoms with van der Waals surface area (Å²) in [5.41, 5.74) is -2.65. The first-order valence-corrected chi connectivity index (χ1v) is 5.52. The summed E-state index contributed by atoms with van der Waals surface area (Å²) in [5.74, 6) is -0.621. The third-order valence-electron chi connectivity index (χ3n) is 2.36. The highest BCUT2D eigenvalue weighted by Gasteiger charge is 2.28. The Balaban J connectivity index is 2.94. The van der Waals surface area contributed by atoms with Gasteiger partial charge in [-0.3, -0.25) is 4.79 Å². The normalized spacial score (nSPS) is 31.3. The van der Waals surface area contributed by atoms with Gasteiger partial charge in [-0.05, 0) is 42.2 Å². The fraction of sp³-hybridized carbons (Fsp3) is 0.462. The van der Waals surface area contributed by atoms with Crippen LogP contribution in [-0.4, -0.2) is 11.5 Å². The lowest BCUT2D eigenvalue weighted by Gasteiger charge is -2.32. The van der Waals surface area contributed by atoms with Crippen LogP contribution in [-0.2, 0) is 5.41 Å². The van der Waals surface area contributed by atoms with Gasteiger partial charge in [-0.1, -0.05) is 19.8 Å². The van der Waals surface area contributed by atoms with E-state index in [1.54, 1.807) is 0 Å². The number of Topliss-reactive ketones (excluding diaryl/α,β-unsaturated/α-hetero) is 1. The second-order valence-electron chi connectivity index (χ2n) is 3.48. The Hall–Kier alpha value is -0.760. The van der Waals surface area contributed by atoms with Gasteiger partial charge in [0.15, 0.2) is 5.78 Å². The van der Waals surface area contributed by atoms with Crippen LogP contribution >= 0.6 is 11.8 Å². The lowest BCUT2D eigenvalue weighted by atomic mass is 9.81. The second-order valence-corrected chi connectivity index (χ2v) is 4.50. The highest BCUT2D eigenvalue weighted by Crippen LogP contribution is 2.41. The summed E-state index contributed by atoms with van der Waals surface area (Å²) in [6, 6.07) is 4.22. The molecular formula is C13H16OS. The van der Waals surface area contributed by atoms with Crippen molar-refractivity contribution >= 4 is 17.5 Å². The Kier molecular flexibility index (Phi) is 1.13. The first-order chi connectivity index (χ1) is 10.3. The Morgan fingerprint density at radius 3 is 3.07 bits per heavy atom. The first kappa shape index (κ1) is 4.62. The van der Waals surface area contributed by atoms with E-state index < -0.39 is 25.5 Å². The van der Waals surface area contributed by atoms with Gasteiger partial charge < -0.3 is 0 Å². The van der Waals surface area contributed by atoms with Crippen LogP contribution in [0.15, 0.2) is 23.1 Å². The van der Waals surface area contributed by atoms with Crippen LogP contribution in [0.2, 0.25) is 0 Å². The van der Waals surface area contributed by atoms with Gasteiger partial charge in [0.2, 0.25) is 0 Å². The summed E-state index contributed by atoms with van der Waals surface area (Å²) in [7, 11) is 0. The van der Waals surface area contributed by atoms with Crippen LogP contribution in [0.4, 0.5) is 0 Å². The van der Waals surface area contributed by atoms with E-state index in [0.29, 0.717) is 4.90 Å². The van der Waals surface area contributed by atoms with E-state index in [2.05, 4.69) is 0 Å². The molecule has 0 bridgehead atoms. The van der Waals surface area contributed by atoms with Crippen molar-refractivity contribution in [1.29, 1.82) is 0 Å². The van der Waals surface area contributed by atoms with E-state index in [1.807, 2.05) is 0 Å². The molecule has 2 rings (SSSR count). The van der Waals surface area contributed by atoms with Gasteiger partial charge in [-0.15, -0.1) is 11.8 Å². The minimum absolute atomic E-state index is 0.133. The molecule has 0 N–H and O–H groups in total. The quantitative estimate of drug-likeness (QED) is 0.682. The molecule has 1 aromatic carbocycles. The van der Waals surface area contributed by atoms with Crippen LogP contribution < -0.4 is 0 Å². The van der Waals surface area contributed by atoms with E-state index in [9.17, 15) is 4.79 Å². The molecule has 0 atom stereocenters. The van der Waals surface area contributed by atoms with Gasteiger partial charge in [0.25, 0.3) is 0 Å². The third-order valence-corrected chi connectivity index (χ3v) is 3.31. The van der Waals surface area contributed by atoms with E-state index in [-0.39, 0.29) is 22.7 Å². The number of thioether (sulfide) groups is 1. The molecule has 0 saturated carbocycles. The number of rotatable bonds is 1. The summed E-state index contributed by atoms with van der Waals surface area (Å²) < 4.78 is 63.4. The van der Waals surface area contributed by atoms with E-state index in [1.165, 1.54) is 25.1 Å². The topological polar surface area (TPSA) is 17.1 Å². The van der Waals surface area contributed by atoms with Crippen molar-refractivity contribution in [3.63, 3.8) is 0 Å². The van der Waals surface area contributed by atoms with Crippen molar-refractivity contribution < 1.29 is 15.8 Å². The molecule has 0 unspecified atom stereocenters.